The molecule has 1 aromatic rings. The Hall–Kier alpha value is -0.680. The highest BCUT2D eigenvalue weighted by molar-refractivity contribution is 7.99. The van der Waals surface area contributed by atoms with Gasteiger partial charge in [0, 0.05) is 6.04 Å². The Labute approximate surface area is 107 Å². The molecule has 1 aromatic heterocycles. The van der Waals surface area contributed by atoms with Gasteiger partial charge in [0.15, 0.2) is 5.75 Å². The van der Waals surface area contributed by atoms with E-state index < -0.39 is 6.10 Å². The van der Waals surface area contributed by atoms with Crippen LogP contribution in [0.1, 0.15) is 45.0 Å². The summed E-state index contributed by atoms with van der Waals surface area (Å²) in [5.41, 5.74) is 0.791. The Bertz CT molecular complexity index is 339. The number of aliphatic hydroxyl groups excluding tert-OH is 1. The first-order valence-electron chi connectivity index (χ1n) is 5.99. The maximum absolute atomic E-state index is 10.2. The third-order valence-corrected chi connectivity index (χ3v) is 3.50. The molecule has 98 valence electrons. The largest absolute Gasteiger partial charge is 0.493 e. The van der Waals surface area contributed by atoms with Crippen molar-refractivity contribution in [1.29, 1.82) is 0 Å². The molecule has 1 atom stereocenters. The zero-order valence-electron chi connectivity index (χ0n) is 11.0. The van der Waals surface area contributed by atoms with E-state index in [2.05, 4.69) is 12.0 Å². The summed E-state index contributed by atoms with van der Waals surface area (Å²) in [5, 5.41) is 14.5. The second kappa shape index (κ2) is 6.91. The third kappa shape index (κ3) is 3.64. The molecule has 0 bridgehead atoms. The second-order valence-electron chi connectivity index (χ2n) is 4.14. The predicted molar refractivity (Wildman–Crippen MR) is 71.7 cm³/mol. The van der Waals surface area contributed by atoms with Crippen molar-refractivity contribution >= 4 is 11.8 Å². The Morgan fingerprint density at radius 2 is 2.24 bits per heavy atom. The molecule has 0 saturated heterocycles. The van der Waals surface area contributed by atoms with E-state index in [0.29, 0.717) is 5.75 Å². The minimum atomic E-state index is -0.506. The maximum Gasteiger partial charge on any atom is 0.162 e. The lowest BCUT2D eigenvalue weighted by atomic mass is 10.2. The summed E-state index contributed by atoms with van der Waals surface area (Å²) in [4.78, 5) is 0. The van der Waals surface area contributed by atoms with Crippen LogP contribution in [0.25, 0.3) is 0 Å². The first-order chi connectivity index (χ1) is 8.11. The van der Waals surface area contributed by atoms with Crippen molar-refractivity contribution in [3.63, 3.8) is 0 Å². The van der Waals surface area contributed by atoms with Gasteiger partial charge in [0.25, 0.3) is 0 Å². The number of ether oxygens (including phenoxy) is 1. The topological polar surface area (TPSA) is 47.3 Å². The van der Waals surface area contributed by atoms with Gasteiger partial charge in [-0.05, 0) is 31.8 Å². The molecule has 1 unspecified atom stereocenters. The van der Waals surface area contributed by atoms with Gasteiger partial charge in [0.1, 0.15) is 11.8 Å². The van der Waals surface area contributed by atoms with Crippen molar-refractivity contribution in [3.8, 4) is 5.75 Å². The maximum atomic E-state index is 10.2. The molecule has 4 nitrogen and oxygen atoms in total. The number of methoxy groups -OCH3 is 1. The van der Waals surface area contributed by atoms with Crippen molar-refractivity contribution in [2.45, 2.75) is 39.3 Å². The van der Waals surface area contributed by atoms with Gasteiger partial charge in [-0.1, -0.05) is 6.92 Å². The lowest BCUT2D eigenvalue weighted by Gasteiger charge is -2.16. The number of thioether (sulfide) groups is 1. The number of hydrogen-bond acceptors (Lipinski definition) is 4. The van der Waals surface area contributed by atoms with E-state index in [1.165, 1.54) is 0 Å². The van der Waals surface area contributed by atoms with Crippen LogP contribution in [0, 0.1) is 0 Å². The second-order valence-corrected chi connectivity index (χ2v) is 5.53. The van der Waals surface area contributed by atoms with Crippen LogP contribution in [-0.2, 0) is 0 Å². The molecule has 5 heteroatoms. The highest BCUT2D eigenvalue weighted by Gasteiger charge is 2.20. The van der Waals surface area contributed by atoms with Gasteiger partial charge in [-0.25, -0.2) is 0 Å². The van der Waals surface area contributed by atoms with Crippen LogP contribution in [0.5, 0.6) is 5.75 Å². The summed E-state index contributed by atoms with van der Waals surface area (Å²) < 4.78 is 7.09. The molecular formula is C12H22N2O2S. The fourth-order valence-corrected chi connectivity index (χ4v) is 2.40. The van der Waals surface area contributed by atoms with Gasteiger partial charge in [0.05, 0.1) is 13.3 Å². The molecule has 0 spiro atoms. The van der Waals surface area contributed by atoms with E-state index in [9.17, 15) is 5.11 Å². The van der Waals surface area contributed by atoms with E-state index >= 15 is 0 Å². The highest BCUT2D eigenvalue weighted by Crippen LogP contribution is 2.29. The highest BCUT2D eigenvalue weighted by atomic mass is 32.2. The predicted octanol–water partition coefficient (Wildman–Crippen LogP) is 2.65. The van der Waals surface area contributed by atoms with E-state index in [1.54, 1.807) is 13.3 Å². The van der Waals surface area contributed by atoms with Gasteiger partial charge in [0.2, 0.25) is 0 Å². The molecule has 0 aromatic carbocycles. The first-order valence-corrected chi connectivity index (χ1v) is 7.14. The number of rotatable bonds is 7. The third-order valence-electron chi connectivity index (χ3n) is 2.56. The van der Waals surface area contributed by atoms with E-state index in [-0.39, 0.29) is 6.04 Å². The summed E-state index contributed by atoms with van der Waals surface area (Å²) >= 11 is 1.83. The molecule has 1 heterocycles. The number of nitrogens with zero attached hydrogens (tertiary/aromatic N) is 2. The van der Waals surface area contributed by atoms with Crippen molar-refractivity contribution in [1.82, 2.24) is 9.78 Å². The normalized spacial score (nSPS) is 13.1. The summed E-state index contributed by atoms with van der Waals surface area (Å²) in [6.07, 6.45) is 1.90. The SMILES string of the molecule is CCSCCC(O)c1c(OC)cnn1C(C)C. The Morgan fingerprint density at radius 1 is 1.53 bits per heavy atom. The van der Waals surface area contributed by atoms with Crippen molar-refractivity contribution in [2.24, 2.45) is 0 Å². The fourth-order valence-electron chi connectivity index (χ4n) is 1.72. The summed E-state index contributed by atoms with van der Waals surface area (Å²) in [7, 11) is 1.61. The number of hydrogen-bond donors (Lipinski definition) is 1. The summed E-state index contributed by atoms with van der Waals surface area (Å²) in [6.45, 7) is 6.21. The lowest BCUT2D eigenvalue weighted by molar-refractivity contribution is 0.157. The molecule has 0 aliphatic heterocycles. The molecule has 0 amide bonds. The minimum absolute atomic E-state index is 0.224. The van der Waals surface area contributed by atoms with Gasteiger partial charge in [-0.15, -0.1) is 0 Å². The van der Waals surface area contributed by atoms with Crippen LogP contribution in [0.4, 0.5) is 0 Å². The van der Waals surface area contributed by atoms with Crippen molar-refractivity contribution in [2.75, 3.05) is 18.6 Å². The summed E-state index contributed by atoms with van der Waals surface area (Å²) in [5.74, 6) is 2.70. The number of aromatic nitrogens is 2. The molecule has 0 aliphatic carbocycles. The van der Waals surface area contributed by atoms with Crippen LogP contribution in [0.15, 0.2) is 6.20 Å². The lowest BCUT2D eigenvalue weighted by Crippen LogP contribution is -2.12. The van der Waals surface area contributed by atoms with Crippen LogP contribution in [0.3, 0.4) is 0 Å². The smallest absolute Gasteiger partial charge is 0.162 e. The monoisotopic (exact) mass is 258 g/mol. The average molecular weight is 258 g/mol. The van der Waals surface area contributed by atoms with Gasteiger partial charge < -0.3 is 9.84 Å². The molecule has 0 radical (unpaired) electrons. The zero-order chi connectivity index (χ0) is 12.8. The van der Waals surface area contributed by atoms with Crippen LogP contribution in [-0.4, -0.2) is 33.5 Å². The molecule has 0 fully saturated rings. The Morgan fingerprint density at radius 3 is 2.76 bits per heavy atom. The first kappa shape index (κ1) is 14.4. The average Bonchev–Trinajstić information content (AvgIpc) is 2.72. The Balaban J connectivity index is 2.81. The summed E-state index contributed by atoms with van der Waals surface area (Å²) in [6, 6.07) is 0.224. The zero-order valence-corrected chi connectivity index (χ0v) is 11.8. The van der Waals surface area contributed by atoms with Gasteiger partial charge in [-0.3, -0.25) is 4.68 Å². The van der Waals surface area contributed by atoms with Crippen LogP contribution >= 0.6 is 11.8 Å². The van der Waals surface area contributed by atoms with Crippen LogP contribution < -0.4 is 4.74 Å². The quantitative estimate of drug-likeness (QED) is 0.764. The van der Waals surface area contributed by atoms with E-state index in [4.69, 9.17) is 4.74 Å². The van der Waals surface area contributed by atoms with E-state index in [0.717, 1.165) is 23.6 Å². The van der Waals surface area contributed by atoms with Gasteiger partial charge >= 0.3 is 0 Å². The molecular weight excluding hydrogens is 236 g/mol. The molecule has 1 N–H and O–H groups in total. The molecule has 17 heavy (non-hydrogen) atoms. The minimum Gasteiger partial charge on any atom is -0.493 e. The number of aliphatic hydroxyl groups is 1. The standard InChI is InChI=1S/C12H22N2O2S/c1-5-17-7-6-10(15)12-11(16-4)8-13-14(12)9(2)3/h8-10,15H,5-7H2,1-4H3. The molecule has 0 saturated carbocycles. The fraction of sp³-hybridized carbons (Fsp3) is 0.750. The van der Waals surface area contributed by atoms with Crippen LogP contribution in [0.2, 0.25) is 0 Å². The van der Waals surface area contributed by atoms with Crippen molar-refractivity contribution < 1.29 is 9.84 Å². The molecule has 1 rings (SSSR count). The Kier molecular flexibility index (Phi) is 5.85. The molecule has 0 aliphatic rings. The van der Waals surface area contributed by atoms with Crippen molar-refractivity contribution in [3.05, 3.63) is 11.9 Å². The van der Waals surface area contributed by atoms with E-state index in [1.807, 2.05) is 30.3 Å². The van der Waals surface area contributed by atoms with Gasteiger partial charge in [-0.2, -0.15) is 16.9 Å².